The lowest BCUT2D eigenvalue weighted by Gasteiger charge is -2.41. The maximum absolute atomic E-state index is 12.8. The Morgan fingerprint density at radius 2 is 2.24 bits per heavy atom. The molecule has 1 N–H and O–H groups in total. The number of aromatic nitrogens is 2. The van der Waals surface area contributed by atoms with Crippen molar-refractivity contribution in [3.8, 4) is 11.3 Å². The van der Waals surface area contributed by atoms with E-state index in [-0.39, 0.29) is 11.9 Å². The molecule has 0 saturated carbocycles. The van der Waals surface area contributed by atoms with Crippen molar-refractivity contribution in [3.05, 3.63) is 36.3 Å². The van der Waals surface area contributed by atoms with Gasteiger partial charge in [0.25, 0.3) is 5.91 Å². The van der Waals surface area contributed by atoms with Crippen LogP contribution in [0.4, 0.5) is 0 Å². The zero-order chi connectivity index (χ0) is 18.0. The van der Waals surface area contributed by atoms with Gasteiger partial charge in [0, 0.05) is 56.2 Å². The molecule has 1 aliphatic heterocycles. The molecule has 2 aromatic heterocycles. The van der Waals surface area contributed by atoms with Crippen LogP contribution in [0.5, 0.6) is 0 Å². The fourth-order valence-corrected chi connectivity index (χ4v) is 3.19. The fraction of sp³-hybridized carbons (Fsp3) is 0.500. The summed E-state index contributed by atoms with van der Waals surface area (Å²) in [5.74, 6) is 0.402. The van der Waals surface area contributed by atoms with Crippen molar-refractivity contribution < 1.29 is 14.4 Å². The standard InChI is InChI=1S/C18H24N4O3/c1-13-11-21(12-18(2,3)24)7-8-22(13)17(23)15-9-16(25-20-15)14-5-4-6-19-10-14/h4-6,9-10,13,24H,7-8,11-12H2,1-3H3. The molecular weight excluding hydrogens is 320 g/mol. The Morgan fingerprint density at radius 3 is 2.88 bits per heavy atom. The Labute approximate surface area is 147 Å². The van der Waals surface area contributed by atoms with Crippen molar-refractivity contribution >= 4 is 5.91 Å². The zero-order valence-corrected chi connectivity index (χ0v) is 14.8. The number of piperazine rings is 1. The number of amides is 1. The number of β-amino-alcohol motifs (C(OH)–C–C–N with tert-alkyl or cyclic N) is 1. The lowest BCUT2D eigenvalue weighted by atomic mass is 10.1. The molecular formula is C18H24N4O3. The van der Waals surface area contributed by atoms with Crippen LogP contribution in [0, 0.1) is 0 Å². The predicted octanol–water partition coefficient (Wildman–Crippen LogP) is 1.65. The number of nitrogens with zero attached hydrogens (tertiary/aromatic N) is 4. The summed E-state index contributed by atoms with van der Waals surface area (Å²) in [4.78, 5) is 20.8. The van der Waals surface area contributed by atoms with Crippen molar-refractivity contribution in [1.29, 1.82) is 0 Å². The van der Waals surface area contributed by atoms with Crippen molar-refractivity contribution in [1.82, 2.24) is 19.9 Å². The van der Waals surface area contributed by atoms with E-state index in [4.69, 9.17) is 4.52 Å². The summed E-state index contributed by atoms with van der Waals surface area (Å²) in [7, 11) is 0. The molecule has 3 heterocycles. The lowest BCUT2D eigenvalue weighted by Crippen LogP contribution is -2.56. The molecule has 1 amide bonds. The third-order valence-corrected chi connectivity index (χ3v) is 4.26. The van der Waals surface area contributed by atoms with Gasteiger partial charge < -0.3 is 14.5 Å². The van der Waals surface area contributed by atoms with E-state index in [1.807, 2.05) is 24.0 Å². The molecule has 1 fully saturated rings. The minimum atomic E-state index is -0.739. The van der Waals surface area contributed by atoms with E-state index in [9.17, 15) is 9.90 Å². The maximum atomic E-state index is 12.8. The van der Waals surface area contributed by atoms with E-state index < -0.39 is 5.60 Å². The molecule has 25 heavy (non-hydrogen) atoms. The van der Waals surface area contributed by atoms with Gasteiger partial charge in [-0.2, -0.15) is 0 Å². The molecule has 0 aliphatic carbocycles. The Bertz CT molecular complexity index is 723. The number of aliphatic hydroxyl groups is 1. The van der Waals surface area contributed by atoms with Gasteiger partial charge in [-0.3, -0.25) is 14.7 Å². The van der Waals surface area contributed by atoms with Gasteiger partial charge >= 0.3 is 0 Å². The van der Waals surface area contributed by atoms with Crippen LogP contribution in [0.2, 0.25) is 0 Å². The summed E-state index contributed by atoms with van der Waals surface area (Å²) < 4.78 is 5.30. The number of pyridine rings is 1. The van der Waals surface area contributed by atoms with Crippen LogP contribution in [0.1, 0.15) is 31.3 Å². The van der Waals surface area contributed by atoms with Gasteiger partial charge in [0.2, 0.25) is 0 Å². The SMILES string of the molecule is CC1CN(CC(C)(C)O)CCN1C(=O)c1cc(-c2cccnc2)on1. The molecule has 2 aromatic rings. The van der Waals surface area contributed by atoms with E-state index >= 15 is 0 Å². The summed E-state index contributed by atoms with van der Waals surface area (Å²) in [5, 5.41) is 13.9. The van der Waals surface area contributed by atoms with Gasteiger partial charge in [0.15, 0.2) is 11.5 Å². The van der Waals surface area contributed by atoms with Gasteiger partial charge in [0.1, 0.15) is 0 Å². The minimum Gasteiger partial charge on any atom is -0.389 e. The average molecular weight is 344 g/mol. The first-order valence-electron chi connectivity index (χ1n) is 8.46. The number of carbonyl (C=O) groups excluding carboxylic acids is 1. The molecule has 0 aromatic carbocycles. The molecule has 134 valence electrons. The topological polar surface area (TPSA) is 82.7 Å². The number of rotatable bonds is 4. The van der Waals surface area contributed by atoms with E-state index in [1.54, 1.807) is 32.3 Å². The van der Waals surface area contributed by atoms with Crippen LogP contribution in [0.25, 0.3) is 11.3 Å². The first-order chi connectivity index (χ1) is 11.8. The molecule has 7 nitrogen and oxygen atoms in total. The highest BCUT2D eigenvalue weighted by Crippen LogP contribution is 2.21. The number of hydrogen-bond acceptors (Lipinski definition) is 6. The Balaban J connectivity index is 1.67. The van der Waals surface area contributed by atoms with Crippen molar-refractivity contribution in [2.75, 3.05) is 26.2 Å². The largest absolute Gasteiger partial charge is 0.389 e. The summed E-state index contributed by atoms with van der Waals surface area (Å²) in [6.07, 6.45) is 3.35. The third kappa shape index (κ3) is 4.24. The second-order valence-corrected chi connectivity index (χ2v) is 7.21. The van der Waals surface area contributed by atoms with E-state index in [2.05, 4.69) is 15.0 Å². The summed E-state index contributed by atoms with van der Waals surface area (Å²) >= 11 is 0. The quantitative estimate of drug-likeness (QED) is 0.908. The van der Waals surface area contributed by atoms with Gasteiger partial charge in [-0.25, -0.2) is 0 Å². The Hall–Kier alpha value is -2.25. The van der Waals surface area contributed by atoms with Gasteiger partial charge in [0.05, 0.1) is 5.60 Å². The van der Waals surface area contributed by atoms with Gasteiger partial charge in [-0.15, -0.1) is 0 Å². The van der Waals surface area contributed by atoms with Crippen LogP contribution in [0.15, 0.2) is 35.1 Å². The lowest BCUT2D eigenvalue weighted by molar-refractivity contribution is 0.00552. The Kier molecular flexibility index (Phi) is 4.87. The monoisotopic (exact) mass is 344 g/mol. The van der Waals surface area contributed by atoms with Crippen LogP contribution in [0.3, 0.4) is 0 Å². The molecule has 1 saturated heterocycles. The highest BCUT2D eigenvalue weighted by Gasteiger charge is 2.31. The summed E-state index contributed by atoms with van der Waals surface area (Å²) in [6, 6.07) is 5.38. The number of carbonyl (C=O) groups is 1. The first-order valence-corrected chi connectivity index (χ1v) is 8.46. The zero-order valence-electron chi connectivity index (χ0n) is 14.8. The molecule has 0 spiro atoms. The molecule has 7 heteroatoms. The summed E-state index contributed by atoms with van der Waals surface area (Å²) in [6.45, 7) is 8.25. The van der Waals surface area contributed by atoms with Crippen LogP contribution in [-0.2, 0) is 0 Å². The maximum Gasteiger partial charge on any atom is 0.276 e. The second-order valence-electron chi connectivity index (χ2n) is 7.21. The van der Waals surface area contributed by atoms with Crippen LogP contribution < -0.4 is 0 Å². The van der Waals surface area contributed by atoms with E-state index in [0.717, 1.165) is 18.7 Å². The predicted molar refractivity (Wildman–Crippen MR) is 93.0 cm³/mol. The van der Waals surface area contributed by atoms with E-state index in [1.165, 1.54) is 0 Å². The minimum absolute atomic E-state index is 0.0436. The highest BCUT2D eigenvalue weighted by atomic mass is 16.5. The van der Waals surface area contributed by atoms with Crippen molar-refractivity contribution in [3.63, 3.8) is 0 Å². The molecule has 1 atom stereocenters. The number of hydrogen-bond donors (Lipinski definition) is 1. The smallest absolute Gasteiger partial charge is 0.276 e. The second kappa shape index (κ2) is 6.93. The van der Waals surface area contributed by atoms with Crippen LogP contribution in [-0.4, -0.2) is 68.8 Å². The molecule has 3 rings (SSSR count). The van der Waals surface area contributed by atoms with Gasteiger partial charge in [-0.1, -0.05) is 5.16 Å². The van der Waals surface area contributed by atoms with Crippen molar-refractivity contribution in [2.45, 2.75) is 32.4 Å². The van der Waals surface area contributed by atoms with E-state index in [0.29, 0.717) is 24.5 Å². The highest BCUT2D eigenvalue weighted by molar-refractivity contribution is 5.93. The molecule has 1 aliphatic rings. The third-order valence-electron chi connectivity index (χ3n) is 4.26. The fourth-order valence-electron chi connectivity index (χ4n) is 3.19. The summed E-state index contributed by atoms with van der Waals surface area (Å²) in [5.41, 5.74) is 0.357. The molecule has 0 bridgehead atoms. The molecule has 1 unspecified atom stereocenters. The normalized spacial score (nSPS) is 19.2. The molecule has 0 radical (unpaired) electrons. The Morgan fingerprint density at radius 1 is 1.44 bits per heavy atom. The van der Waals surface area contributed by atoms with Gasteiger partial charge in [-0.05, 0) is 32.9 Å². The van der Waals surface area contributed by atoms with Crippen molar-refractivity contribution in [2.24, 2.45) is 0 Å². The average Bonchev–Trinajstić information content (AvgIpc) is 3.04. The van der Waals surface area contributed by atoms with Crippen LogP contribution >= 0.6 is 0 Å². The first kappa shape index (κ1) is 17.6.